The van der Waals surface area contributed by atoms with Crippen LogP contribution in [0.2, 0.25) is 0 Å². The predicted molar refractivity (Wildman–Crippen MR) is 158 cm³/mol. The van der Waals surface area contributed by atoms with E-state index in [2.05, 4.69) is 32.4 Å². The van der Waals surface area contributed by atoms with Crippen molar-refractivity contribution in [3.05, 3.63) is 54.0 Å². The van der Waals surface area contributed by atoms with E-state index in [1.165, 1.54) is 6.33 Å². The van der Waals surface area contributed by atoms with Crippen LogP contribution in [-0.4, -0.2) is 78.1 Å². The monoisotopic (exact) mass is 565 g/mol. The molecule has 1 amide bonds. The maximum Gasteiger partial charge on any atom is 0.248 e. The summed E-state index contributed by atoms with van der Waals surface area (Å²) >= 11 is 0. The SMILES string of the molecule is CCCOCC(C)Oc1cc2ncnc(NC3=CCCC(F)C(C)=C3)c2cc1NC(=O)/C=C/CN1C[C@H]2C[C@@H]1CO2. The number of carbonyl (C=O) groups is 1. The summed E-state index contributed by atoms with van der Waals surface area (Å²) in [5.41, 5.74) is 2.60. The number of benzene rings is 1. The molecule has 41 heavy (non-hydrogen) atoms. The van der Waals surface area contributed by atoms with Gasteiger partial charge in [-0.3, -0.25) is 9.69 Å². The molecular formula is C31H40FN5O4. The Kier molecular flexibility index (Phi) is 9.64. The number of amides is 1. The van der Waals surface area contributed by atoms with Gasteiger partial charge in [0.05, 0.1) is 30.5 Å². The molecule has 10 heteroatoms. The molecule has 2 N–H and O–H groups in total. The number of morpholine rings is 1. The normalized spacial score (nSPS) is 23.4. The predicted octanol–water partition coefficient (Wildman–Crippen LogP) is 5.17. The van der Waals surface area contributed by atoms with Crippen LogP contribution >= 0.6 is 0 Å². The summed E-state index contributed by atoms with van der Waals surface area (Å²) in [4.78, 5) is 24.3. The van der Waals surface area contributed by atoms with Gasteiger partial charge in [-0.05, 0) is 57.2 Å². The van der Waals surface area contributed by atoms with Crippen LogP contribution in [0.1, 0.15) is 46.5 Å². The van der Waals surface area contributed by atoms with Crippen molar-refractivity contribution in [3.63, 3.8) is 0 Å². The molecule has 0 spiro atoms. The van der Waals surface area contributed by atoms with Gasteiger partial charge in [-0.15, -0.1) is 0 Å². The van der Waals surface area contributed by atoms with Crippen LogP contribution in [0.4, 0.5) is 15.9 Å². The Morgan fingerprint density at radius 3 is 3.00 bits per heavy atom. The first-order valence-electron chi connectivity index (χ1n) is 14.6. The van der Waals surface area contributed by atoms with Crippen LogP contribution in [-0.2, 0) is 14.3 Å². The van der Waals surface area contributed by atoms with Gasteiger partial charge < -0.3 is 24.8 Å². The fourth-order valence-corrected chi connectivity index (χ4v) is 5.43. The smallest absolute Gasteiger partial charge is 0.248 e. The van der Waals surface area contributed by atoms with Crippen molar-refractivity contribution in [1.29, 1.82) is 0 Å². The Morgan fingerprint density at radius 2 is 2.22 bits per heavy atom. The number of fused-ring (bicyclic) bond motifs is 3. The van der Waals surface area contributed by atoms with Gasteiger partial charge in [-0.2, -0.15) is 0 Å². The lowest BCUT2D eigenvalue weighted by atomic mass is 10.1. The number of ether oxygens (including phenoxy) is 3. The number of alkyl halides is 1. The lowest BCUT2D eigenvalue weighted by molar-refractivity contribution is -0.111. The third-order valence-electron chi connectivity index (χ3n) is 7.57. The highest BCUT2D eigenvalue weighted by Crippen LogP contribution is 2.34. The Labute approximate surface area is 240 Å². The Hall–Kier alpha value is -3.34. The summed E-state index contributed by atoms with van der Waals surface area (Å²) < 4.78 is 31.8. The van der Waals surface area contributed by atoms with Crippen LogP contribution in [0.15, 0.2) is 54.0 Å². The molecule has 2 bridgehead atoms. The number of nitrogens with one attached hydrogen (secondary N) is 2. The van der Waals surface area contributed by atoms with Gasteiger partial charge in [0.2, 0.25) is 5.91 Å². The fourth-order valence-electron chi connectivity index (χ4n) is 5.43. The third kappa shape index (κ3) is 7.49. The largest absolute Gasteiger partial charge is 0.486 e. The minimum atomic E-state index is -0.959. The van der Waals surface area contributed by atoms with E-state index in [9.17, 15) is 9.18 Å². The van der Waals surface area contributed by atoms with Crippen LogP contribution < -0.4 is 15.4 Å². The zero-order chi connectivity index (χ0) is 28.8. The third-order valence-corrected chi connectivity index (χ3v) is 7.57. The number of rotatable bonds is 12. The average molecular weight is 566 g/mol. The van der Waals surface area contributed by atoms with Gasteiger partial charge in [0.1, 0.15) is 30.2 Å². The Bertz CT molecular complexity index is 1330. The molecule has 1 aromatic heterocycles. The molecule has 3 aliphatic rings. The first kappa shape index (κ1) is 29.2. The number of anilines is 2. The van der Waals surface area contributed by atoms with Gasteiger partial charge in [0, 0.05) is 49.0 Å². The van der Waals surface area contributed by atoms with E-state index in [0.717, 1.165) is 31.7 Å². The molecule has 5 rings (SSSR count). The maximum absolute atomic E-state index is 14.2. The molecule has 9 nitrogen and oxygen atoms in total. The number of allylic oxidation sites excluding steroid dienone is 3. The zero-order valence-electron chi connectivity index (χ0n) is 24.1. The molecule has 2 saturated heterocycles. The summed E-state index contributed by atoms with van der Waals surface area (Å²) in [7, 11) is 0. The van der Waals surface area contributed by atoms with Gasteiger partial charge in [-0.25, -0.2) is 14.4 Å². The number of likely N-dealkylation sites (tertiary alicyclic amines) is 1. The molecule has 220 valence electrons. The highest BCUT2D eigenvalue weighted by molar-refractivity contribution is 6.03. The van der Waals surface area contributed by atoms with Crippen molar-refractivity contribution in [2.45, 2.75) is 70.9 Å². The first-order valence-corrected chi connectivity index (χ1v) is 14.6. The standard InChI is InChI=1S/C31H40FN5O4/c1-4-11-39-17-21(3)41-29-15-27-25(31(34-19-33-27)35-22-7-5-8-26(32)20(2)12-22)14-28(29)36-30(38)9-6-10-37-16-24-13-23(37)18-40-24/h6-7,9,12,14-15,19,21,23-24,26H,4-5,8,10-11,13,16-18H2,1-3H3,(H,36,38)(H,33,34,35)/b9-6+/t21?,23-,24-,26?/m1/s1. The highest BCUT2D eigenvalue weighted by atomic mass is 19.1. The topological polar surface area (TPSA) is 97.8 Å². The molecule has 4 atom stereocenters. The molecule has 2 aliphatic heterocycles. The van der Waals surface area contributed by atoms with E-state index in [1.807, 2.05) is 31.2 Å². The molecule has 1 aromatic carbocycles. The van der Waals surface area contributed by atoms with Crippen LogP contribution in [0.25, 0.3) is 10.9 Å². The second kappa shape index (κ2) is 13.5. The number of hydrogen-bond donors (Lipinski definition) is 2. The van der Waals surface area contributed by atoms with Crippen molar-refractivity contribution in [2.24, 2.45) is 0 Å². The molecule has 3 heterocycles. The second-order valence-corrected chi connectivity index (χ2v) is 11.0. The molecule has 2 aromatic rings. The summed E-state index contributed by atoms with van der Waals surface area (Å²) in [6.45, 7) is 9.23. The lowest BCUT2D eigenvalue weighted by Gasteiger charge is -2.25. The van der Waals surface area contributed by atoms with E-state index < -0.39 is 6.17 Å². The Morgan fingerprint density at radius 1 is 1.34 bits per heavy atom. The fraction of sp³-hybridized carbons (Fsp3) is 0.516. The maximum atomic E-state index is 14.2. The molecule has 2 fully saturated rings. The van der Waals surface area contributed by atoms with Crippen LogP contribution in [0.5, 0.6) is 5.75 Å². The van der Waals surface area contributed by atoms with Crippen molar-refractivity contribution in [2.75, 3.05) is 43.5 Å². The number of aromatic nitrogens is 2. The Balaban J connectivity index is 1.37. The highest BCUT2D eigenvalue weighted by Gasteiger charge is 2.38. The van der Waals surface area contributed by atoms with Crippen LogP contribution in [0, 0.1) is 0 Å². The van der Waals surface area contributed by atoms with Crippen molar-refractivity contribution in [1.82, 2.24) is 14.9 Å². The first-order chi connectivity index (χ1) is 19.9. The number of carbonyl (C=O) groups excluding carboxylic acids is 1. The average Bonchev–Trinajstić information content (AvgIpc) is 3.53. The van der Waals surface area contributed by atoms with Crippen molar-refractivity contribution in [3.8, 4) is 5.75 Å². The lowest BCUT2D eigenvalue weighted by Crippen LogP contribution is -2.36. The van der Waals surface area contributed by atoms with Gasteiger partial charge in [0.25, 0.3) is 0 Å². The minimum Gasteiger partial charge on any atom is -0.486 e. The van der Waals surface area contributed by atoms with Gasteiger partial charge >= 0.3 is 0 Å². The number of hydrogen-bond acceptors (Lipinski definition) is 8. The van der Waals surface area contributed by atoms with Crippen molar-refractivity contribution < 1.29 is 23.4 Å². The van der Waals surface area contributed by atoms with Gasteiger partial charge in [-0.1, -0.05) is 19.1 Å². The quantitative estimate of drug-likeness (QED) is 0.269. The van der Waals surface area contributed by atoms with E-state index >= 15 is 0 Å². The number of nitrogens with zero attached hydrogens (tertiary/aromatic N) is 3. The summed E-state index contributed by atoms with van der Waals surface area (Å²) in [5.74, 6) is 0.802. The van der Waals surface area contributed by atoms with E-state index in [-0.39, 0.29) is 12.0 Å². The van der Waals surface area contributed by atoms with Crippen LogP contribution in [0.3, 0.4) is 0 Å². The van der Waals surface area contributed by atoms with E-state index in [0.29, 0.717) is 78.5 Å². The molecular weight excluding hydrogens is 525 g/mol. The minimum absolute atomic E-state index is 0.240. The second-order valence-electron chi connectivity index (χ2n) is 11.0. The van der Waals surface area contributed by atoms with E-state index in [4.69, 9.17) is 14.2 Å². The number of halogens is 1. The summed E-state index contributed by atoms with van der Waals surface area (Å²) in [5, 5.41) is 7.03. The van der Waals surface area contributed by atoms with Crippen molar-refractivity contribution >= 4 is 28.3 Å². The molecule has 0 radical (unpaired) electrons. The zero-order valence-corrected chi connectivity index (χ0v) is 24.1. The molecule has 1 aliphatic carbocycles. The summed E-state index contributed by atoms with van der Waals surface area (Å²) in [6.07, 6.45) is 10.9. The van der Waals surface area contributed by atoms with Gasteiger partial charge in [0.15, 0.2) is 0 Å². The van der Waals surface area contributed by atoms with E-state index in [1.54, 1.807) is 19.1 Å². The molecule has 2 unspecified atom stereocenters. The summed E-state index contributed by atoms with van der Waals surface area (Å²) in [6, 6.07) is 4.06. The molecule has 0 saturated carbocycles.